The molecule has 1 saturated heterocycles. The molecule has 1 aliphatic heterocycles. The van der Waals surface area contributed by atoms with Crippen molar-refractivity contribution in [3.63, 3.8) is 0 Å². The van der Waals surface area contributed by atoms with Gasteiger partial charge in [-0.05, 0) is 26.1 Å². The maximum atomic E-state index is 4.68. The maximum Gasteiger partial charge on any atom is 0.0609 e. The third-order valence-electron chi connectivity index (χ3n) is 3.20. The fraction of sp³-hybridized carbons (Fsp3) is 0.615. The molecule has 2 N–H and O–H groups in total. The number of nitrogens with zero attached hydrogens (tertiary/aromatic N) is 2. The Morgan fingerprint density at radius 2 is 2.12 bits per heavy atom. The highest BCUT2D eigenvalue weighted by atomic mass is 15.2. The molecule has 0 unspecified atom stereocenters. The summed E-state index contributed by atoms with van der Waals surface area (Å²) >= 11 is 0. The van der Waals surface area contributed by atoms with E-state index in [1.807, 2.05) is 7.05 Å². The van der Waals surface area contributed by atoms with E-state index in [0.29, 0.717) is 0 Å². The molecule has 4 nitrogen and oxygen atoms in total. The number of piperazine rings is 1. The number of aryl methyl sites for hydroxylation is 1. The molecule has 0 radical (unpaired) electrons. The zero-order chi connectivity index (χ0) is 12.1. The van der Waals surface area contributed by atoms with E-state index in [-0.39, 0.29) is 0 Å². The van der Waals surface area contributed by atoms with Gasteiger partial charge in [0.15, 0.2) is 0 Å². The monoisotopic (exact) mass is 234 g/mol. The Labute approximate surface area is 103 Å². The average Bonchev–Trinajstić information content (AvgIpc) is 2.37. The molecule has 17 heavy (non-hydrogen) atoms. The van der Waals surface area contributed by atoms with Crippen LogP contribution in [0.3, 0.4) is 0 Å². The van der Waals surface area contributed by atoms with Crippen molar-refractivity contribution in [2.75, 3.05) is 44.7 Å². The second kappa shape index (κ2) is 5.98. The summed E-state index contributed by atoms with van der Waals surface area (Å²) in [5.41, 5.74) is 3.62. The van der Waals surface area contributed by atoms with Crippen molar-refractivity contribution in [3.8, 4) is 0 Å². The van der Waals surface area contributed by atoms with Crippen LogP contribution in [0.5, 0.6) is 0 Å². The fourth-order valence-corrected chi connectivity index (χ4v) is 2.24. The lowest BCUT2D eigenvalue weighted by Gasteiger charge is -2.30. The van der Waals surface area contributed by atoms with E-state index in [9.17, 15) is 0 Å². The largest absolute Gasteiger partial charge is 0.368 e. The zero-order valence-corrected chi connectivity index (χ0v) is 10.8. The van der Waals surface area contributed by atoms with Crippen molar-refractivity contribution in [2.24, 2.45) is 0 Å². The number of aromatic nitrogens is 1. The molecule has 2 heterocycles. The van der Waals surface area contributed by atoms with Crippen LogP contribution < -0.4 is 15.5 Å². The predicted octanol–water partition coefficient (Wildman–Crippen LogP) is 0.562. The van der Waals surface area contributed by atoms with Gasteiger partial charge < -0.3 is 15.5 Å². The number of likely N-dealkylation sites (N-methyl/N-ethyl adjacent to an activating group) is 1. The maximum absolute atomic E-state index is 4.68. The van der Waals surface area contributed by atoms with Crippen molar-refractivity contribution in [1.82, 2.24) is 15.6 Å². The summed E-state index contributed by atoms with van der Waals surface area (Å²) in [6.07, 6.45) is 0.999. The van der Waals surface area contributed by atoms with Crippen LogP contribution in [0, 0.1) is 6.92 Å². The lowest BCUT2D eigenvalue weighted by Crippen LogP contribution is -2.43. The quantitative estimate of drug-likeness (QED) is 0.799. The molecule has 1 aromatic heterocycles. The summed E-state index contributed by atoms with van der Waals surface area (Å²) < 4.78 is 0. The molecular weight excluding hydrogens is 212 g/mol. The molecule has 0 aliphatic carbocycles. The Bertz CT molecular complexity index is 358. The van der Waals surface area contributed by atoms with Gasteiger partial charge in [0, 0.05) is 44.8 Å². The zero-order valence-electron chi connectivity index (χ0n) is 10.8. The Kier molecular flexibility index (Phi) is 4.34. The van der Waals surface area contributed by atoms with Gasteiger partial charge in [0.2, 0.25) is 0 Å². The van der Waals surface area contributed by atoms with Gasteiger partial charge in [-0.15, -0.1) is 0 Å². The van der Waals surface area contributed by atoms with Crippen LogP contribution in [0.4, 0.5) is 5.69 Å². The lowest BCUT2D eigenvalue weighted by molar-refractivity contribution is 0.587. The van der Waals surface area contributed by atoms with Crippen LogP contribution in [0.15, 0.2) is 12.1 Å². The molecule has 0 aromatic carbocycles. The van der Waals surface area contributed by atoms with Crippen LogP contribution in [0.25, 0.3) is 0 Å². The van der Waals surface area contributed by atoms with Crippen LogP contribution >= 0.6 is 0 Å². The van der Waals surface area contributed by atoms with Gasteiger partial charge in [0.05, 0.1) is 11.4 Å². The number of rotatable bonds is 4. The Balaban J connectivity index is 2.07. The summed E-state index contributed by atoms with van der Waals surface area (Å²) in [5.74, 6) is 0. The molecule has 4 heteroatoms. The Morgan fingerprint density at radius 3 is 2.76 bits per heavy atom. The minimum absolute atomic E-state index is 0.986. The molecule has 0 saturated carbocycles. The van der Waals surface area contributed by atoms with E-state index < -0.39 is 0 Å². The highest BCUT2D eigenvalue weighted by Gasteiger charge is 2.13. The second-order valence-electron chi connectivity index (χ2n) is 4.50. The van der Waals surface area contributed by atoms with Crippen molar-refractivity contribution < 1.29 is 0 Å². The molecule has 94 valence electrons. The molecular formula is C13H22N4. The third-order valence-corrected chi connectivity index (χ3v) is 3.20. The van der Waals surface area contributed by atoms with Gasteiger partial charge >= 0.3 is 0 Å². The highest BCUT2D eigenvalue weighted by molar-refractivity contribution is 5.51. The van der Waals surface area contributed by atoms with Crippen LogP contribution in [0.1, 0.15) is 11.4 Å². The summed E-state index contributed by atoms with van der Waals surface area (Å²) in [4.78, 5) is 7.10. The molecule has 2 rings (SSSR count). The van der Waals surface area contributed by atoms with E-state index >= 15 is 0 Å². The van der Waals surface area contributed by atoms with Gasteiger partial charge in [0.1, 0.15) is 0 Å². The minimum Gasteiger partial charge on any atom is -0.368 e. The predicted molar refractivity (Wildman–Crippen MR) is 71.7 cm³/mol. The van der Waals surface area contributed by atoms with E-state index in [4.69, 9.17) is 0 Å². The molecule has 1 fully saturated rings. The average molecular weight is 234 g/mol. The number of hydrogen-bond donors (Lipinski definition) is 2. The number of anilines is 1. The lowest BCUT2D eigenvalue weighted by atomic mass is 10.2. The van der Waals surface area contributed by atoms with E-state index in [0.717, 1.165) is 44.8 Å². The summed E-state index contributed by atoms with van der Waals surface area (Å²) in [6, 6.07) is 4.38. The first kappa shape index (κ1) is 12.3. The van der Waals surface area contributed by atoms with Gasteiger partial charge in [-0.1, -0.05) is 0 Å². The van der Waals surface area contributed by atoms with Crippen LogP contribution in [-0.2, 0) is 6.42 Å². The van der Waals surface area contributed by atoms with Crippen molar-refractivity contribution in [1.29, 1.82) is 0 Å². The van der Waals surface area contributed by atoms with E-state index in [2.05, 4.69) is 39.6 Å². The SMILES string of the molecule is CNCCc1ccc(N2CCNCC2)c(C)n1. The number of hydrogen-bond acceptors (Lipinski definition) is 4. The standard InChI is InChI=1S/C13H22N4/c1-11-13(17-9-7-15-8-10-17)4-3-12(16-11)5-6-14-2/h3-4,14-15H,5-10H2,1-2H3. The molecule has 0 amide bonds. The van der Waals surface area contributed by atoms with Gasteiger partial charge in [-0.25, -0.2) is 0 Å². The van der Waals surface area contributed by atoms with Crippen molar-refractivity contribution >= 4 is 5.69 Å². The fourth-order valence-electron chi connectivity index (χ4n) is 2.24. The topological polar surface area (TPSA) is 40.2 Å². The van der Waals surface area contributed by atoms with Crippen molar-refractivity contribution in [2.45, 2.75) is 13.3 Å². The number of pyridine rings is 1. The number of nitrogens with one attached hydrogen (secondary N) is 2. The summed E-state index contributed by atoms with van der Waals surface area (Å²) in [7, 11) is 1.97. The molecule has 0 spiro atoms. The summed E-state index contributed by atoms with van der Waals surface area (Å²) in [6.45, 7) is 7.40. The van der Waals surface area contributed by atoms with E-state index in [1.165, 1.54) is 11.4 Å². The summed E-state index contributed by atoms with van der Waals surface area (Å²) in [5, 5.41) is 6.53. The smallest absolute Gasteiger partial charge is 0.0609 e. The minimum atomic E-state index is 0.986. The Morgan fingerprint density at radius 1 is 1.35 bits per heavy atom. The Hall–Kier alpha value is -1.13. The second-order valence-corrected chi connectivity index (χ2v) is 4.50. The normalized spacial score (nSPS) is 16.2. The first-order chi connectivity index (χ1) is 8.31. The molecule has 1 aliphatic rings. The molecule has 0 atom stereocenters. The highest BCUT2D eigenvalue weighted by Crippen LogP contribution is 2.19. The third kappa shape index (κ3) is 3.17. The van der Waals surface area contributed by atoms with Crippen LogP contribution in [0.2, 0.25) is 0 Å². The van der Waals surface area contributed by atoms with E-state index in [1.54, 1.807) is 0 Å². The first-order valence-corrected chi connectivity index (χ1v) is 6.38. The first-order valence-electron chi connectivity index (χ1n) is 6.38. The molecule has 1 aromatic rings. The van der Waals surface area contributed by atoms with Crippen molar-refractivity contribution in [3.05, 3.63) is 23.5 Å². The van der Waals surface area contributed by atoms with Crippen LogP contribution in [-0.4, -0.2) is 44.8 Å². The van der Waals surface area contributed by atoms with Gasteiger partial charge in [-0.3, -0.25) is 4.98 Å². The van der Waals surface area contributed by atoms with Gasteiger partial charge in [0.25, 0.3) is 0 Å². The van der Waals surface area contributed by atoms with Gasteiger partial charge in [-0.2, -0.15) is 0 Å². The molecule has 0 bridgehead atoms.